The van der Waals surface area contributed by atoms with Crippen molar-refractivity contribution in [1.29, 1.82) is 0 Å². The molecule has 3 aromatic rings. The van der Waals surface area contributed by atoms with Gasteiger partial charge in [0.05, 0.1) is 28.3 Å². The quantitative estimate of drug-likeness (QED) is 0.454. The second-order valence-corrected chi connectivity index (χ2v) is 7.32. The molecule has 2 aromatic carbocycles. The minimum atomic E-state index is -4.46. The van der Waals surface area contributed by atoms with Gasteiger partial charge in [-0.15, -0.1) is 0 Å². The Kier molecular flexibility index (Phi) is 5.58. The summed E-state index contributed by atoms with van der Waals surface area (Å²) >= 11 is 0. The molecule has 2 N–H and O–H groups in total. The number of rotatable bonds is 3. The first-order chi connectivity index (χ1) is 15.6. The van der Waals surface area contributed by atoms with Crippen LogP contribution in [-0.4, -0.2) is 32.4 Å². The lowest BCUT2D eigenvalue weighted by molar-refractivity contribution is -0.384. The van der Waals surface area contributed by atoms with E-state index in [1.165, 1.54) is 41.3 Å². The van der Waals surface area contributed by atoms with E-state index in [4.69, 9.17) is 0 Å². The number of nitrogens with zero attached hydrogens (tertiary/aromatic N) is 3. The number of H-pyrrole nitrogens is 1. The smallest absolute Gasteiger partial charge is 0.320 e. The molecule has 12 heteroatoms. The Labute approximate surface area is 184 Å². The van der Waals surface area contributed by atoms with E-state index in [0.29, 0.717) is 16.9 Å². The van der Waals surface area contributed by atoms with Crippen LogP contribution in [0.1, 0.15) is 16.8 Å². The van der Waals surface area contributed by atoms with Crippen molar-refractivity contribution < 1.29 is 22.9 Å². The number of nitrogens with one attached hydrogen (secondary N) is 2. The molecule has 1 aromatic heterocycles. The van der Waals surface area contributed by atoms with Gasteiger partial charge in [0.25, 0.3) is 11.2 Å². The van der Waals surface area contributed by atoms with Gasteiger partial charge in [0, 0.05) is 36.3 Å². The first kappa shape index (κ1) is 22.0. The fraction of sp³-hybridized carbons (Fsp3) is 0.190. The molecule has 0 bridgehead atoms. The van der Waals surface area contributed by atoms with Crippen molar-refractivity contribution >= 4 is 17.4 Å². The van der Waals surface area contributed by atoms with E-state index in [0.717, 1.165) is 12.1 Å². The summed E-state index contributed by atoms with van der Waals surface area (Å²) in [6.45, 7) is 0.249. The number of non-ortho nitro benzene ring substituents is 1. The Balaban J connectivity index is 1.49. The molecule has 0 radical (unpaired) electrons. The number of aromatic amines is 1. The number of alkyl halides is 3. The second-order valence-electron chi connectivity index (χ2n) is 7.32. The van der Waals surface area contributed by atoms with Gasteiger partial charge in [-0.2, -0.15) is 13.2 Å². The summed E-state index contributed by atoms with van der Waals surface area (Å²) in [6.07, 6.45) is -4.19. The monoisotopic (exact) mass is 459 g/mol. The van der Waals surface area contributed by atoms with Crippen LogP contribution in [-0.2, 0) is 19.1 Å². The summed E-state index contributed by atoms with van der Waals surface area (Å²) in [5.74, 6) is 0.149. The lowest BCUT2D eigenvalue weighted by atomic mass is 10.1. The SMILES string of the molecule is O=C(Nc1ccc([N+](=O)[O-])cc1)N1CCc2nc(-c3ccc(C(F)(F)F)cc3)[nH]c(=O)c2C1. The Morgan fingerprint density at radius 2 is 1.79 bits per heavy atom. The van der Waals surface area contributed by atoms with E-state index in [1.807, 2.05) is 0 Å². The largest absolute Gasteiger partial charge is 0.416 e. The molecule has 1 aliphatic rings. The van der Waals surface area contributed by atoms with Gasteiger partial charge in [0.15, 0.2) is 0 Å². The average Bonchev–Trinajstić information content (AvgIpc) is 2.78. The van der Waals surface area contributed by atoms with Gasteiger partial charge in [-0.25, -0.2) is 9.78 Å². The fourth-order valence-electron chi connectivity index (χ4n) is 3.42. The summed E-state index contributed by atoms with van der Waals surface area (Å²) in [7, 11) is 0. The molecule has 9 nitrogen and oxygen atoms in total. The molecule has 2 heterocycles. The maximum absolute atomic E-state index is 12.8. The number of nitro benzene ring substituents is 1. The Morgan fingerprint density at radius 1 is 1.12 bits per heavy atom. The molecule has 0 fully saturated rings. The van der Waals surface area contributed by atoms with Crippen LogP contribution in [0.3, 0.4) is 0 Å². The maximum Gasteiger partial charge on any atom is 0.416 e. The van der Waals surface area contributed by atoms with Gasteiger partial charge in [0.1, 0.15) is 5.82 Å². The van der Waals surface area contributed by atoms with Gasteiger partial charge in [0.2, 0.25) is 0 Å². The van der Waals surface area contributed by atoms with Crippen LogP contribution < -0.4 is 10.9 Å². The Morgan fingerprint density at radius 3 is 2.39 bits per heavy atom. The van der Waals surface area contributed by atoms with E-state index in [9.17, 15) is 32.9 Å². The Hall–Kier alpha value is -4.22. The van der Waals surface area contributed by atoms with E-state index >= 15 is 0 Å². The van der Waals surface area contributed by atoms with Crippen LogP contribution in [0.5, 0.6) is 0 Å². The van der Waals surface area contributed by atoms with E-state index in [1.54, 1.807) is 0 Å². The molecular weight excluding hydrogens is 443 g/mol. The lowest BCUT2D eigenvalue weighted by Gasteiger charge is -2.28. The molecule has 0 saturated heterocycles. The molecule has 2 amide bonds. The summed E-state index contributed by atoms with van der Waals surface area (Å²) in [6, 6.07) is 9.15. The molecule has 0 saturated carbocycles. The van der Waals surface area contributed by atoms with E-state index in [-0.39, 0.29) is 36.6 Å². The first-order valence-corrected chi connectivity index (χ1v) is 9.72. The Bertz CT molecular complexity index is 1270. The number of urea groups is 1. The minimum absolute atomic E-state index is 0.0101. The van der Waals surface area contributed by atoms with Crippen LogP contribution in [0.15, 0.2) is 53.3 Å². The molecular formula is C21H16F3N5O4. The third kappa shape index (κ3) is 4.68. The zero-order chi connectivity index (χ0) is 23.8. The number of halogens is 3. The molecule has 4 rings (SSSR count). The lowest BCUT2D eigenvalue weighted by Crippen LogP contribution is -2.41. The summed E-state index contributed by atoms with van der Waals surface area (Å²) in [5, 5.41) is 13.3. The molecule has 33 heavy (non-hydrogen) atoms. The summed E-state index contributed by atoms with van der Waals surface area (Å²) < 4.78 is 38.3. The van der Waals surface area contributed by atoms with E-state index in [2.05, 4.69) is 15.3 Å². The number of aromatic nitrogens is 2. The number of fused-ring (bicyclic) bond motifs is 1. The highest BCUT2D eigenvalue weighted by molar-refractivity contribution is 5.89. The number of carbonyl (C=O) groups excluding carboxylic acids is 1. The van der Waals surface area contributed by atoms with Crippen LogP contribution in [0.2, 0.25) is 0 Å². The number of hydrogen-bond acceptors (Lipinski definition) is 5. The second kappa shape index (κ2) is 8.37. The van der Waals surface area contributed by atoms with Crippen LogP contribution in [0.25, 0.3) is 11.4 Å². The standard InChI is InChI=1S/C21H16F3N5O4/c22-21(23,24)13-3-1-12(2-4-13)18-26-17-9-10-28(11-16(17)19(30)27-18)20(31)25-14-5-7-15(8-6-14)29(32)33/h1-8H,9-11H2,(H,25,31)(H,26,27,30). The average molecular weight is 459 g/mol. The van der Waals surface area contributed by atoms with Gasteiger partial charge >= 0.3 is 12.2 Å². The molecule has 170 valence electrons. The number of nitro groups is 1. The highest BCUT2D eigenvalue weighted by Crippen LogP contribution is 2.30. The number of hydrogen-bond donors (Lipinski definition) is 2. The van der Waals surface area contributed by atoms with E-state index < -0.39 is 28.3 Å². The van der Waals surface area contributed by atoms with Gasteiger partial charge in [-0.05, 0) is 24.3 Å². The maximum atomic E-state index is 12.8. The molecule has 1 aliphatic heterocycles. The number of carbonyl (C=O) groups is 1. The predicted octanol–water partition coefficient (Wildman–Crippen LogP) is 3.95. The van der Waals surface area contributed by atoms with Crippen molar-refractivity contribution in [2.24, 2.45) is 0 Å². The van der Waals surface area contributed by atoms with Crippen molar-refractivity contribution in [2.45, 2.75) is 19.1 Å². The van der Waals surface area contributed by atoms with Crippen molar-refractivity contribution in [3.63, 3.8) is 0 Å². The zero-order valence-electron chi connectivity index (χ0n) is 16.8. The first-order valence-electron chi connectivity index (χ1n) is 9.72. The van der Waals surface area contributed by atoms with Crippen molar-refractivity contribution in [1.82, 2.24) is 14.9 Å². The normalized spacial score (nSPS) is 13.4. The van der Waals surface area contributed by atoms with Crippen LogP contribution >= 0.6 is 0 Å². The molecule has 0 atom stereocenters. The highest BCUT2D eigenvalue weighted by atomic mass is 19.4. The van der Waals surface area contributed by atoms with Crippen molar-refractivity contribution in [2.75, 3.05) is 11.9 Å². The number of benzene rings is 2. The van der Waals surface area contributed by atoms with Crippen LogP contribution in [0, 0.1) is 10.1 Å². The third-order valence-electron chi connectivity index (χ3n) is 5.17. The molecule has 0 unspecified atom stereocenters. The zero-order valence-corrected chi connectivity index (χ0v) is 16.8. The van der Waals surface area contributed by atoms with Crippen molar-refractivity contribution in [3.05, 3.63) is 85.8 Å². The van der Waals surface area contributed by atoms with Crippen molar-refractivity contribution in [3.8, 4) is 11.4 Å². The fourth-order valence-corrected chi connectivity index (χ4v) is 3.42. The predicted molar refractivity (Wildman–Crippen MR) is 112 cm³/mol. The summed E-state index contributed by atoms with van der Waals surface area (Å²) in [4.78, 5) is 43.7. The topological polar surface area (TPSA) is 121 Å². The third-order valence-corrected chi connectivity index (χ3v) is 5.17. The highest BCUT2D eigenvalue weighted by Gasteiger charge is 2.30. The molecule has 0 aliphatic carbocycles. The van der Waals surface area contributed by atoms with Gasteiger partial charge in [-0.1, -0.05) is 12.1 Å². The molecule has 0 spiro atoms. The van der Waals surface area contributed by atoms with Gasteiger partial charge in [-0.3, -0.25) is 14.9 Å². The van der Waals surface area contributed by atoms with Gasteiger partial charge < -0.3 is 15.2 Å². The van der Waals surface area contributed by atoms with Crippen LogP contribution in [0.4, 0.5) is 29.3 Å². The number of anilines is 1. The minimum Gasteiger partial charge on any atom is -0.320 e. The number of amides is 2. The summed E-state index contributed by atoms with van der Waals surface area (Å²) in [5.41, 5.74) is 0.0523.